The molecular weight excluding hydrogens is 416 g/mol. The van der Waals surface area contributed by atoms with Crippen LogP contribution in [-0.2, 0) is 17.1 Å². The number of rotatable bonds is 8. The fraction of sp³-hybridized carbons (Fsp3) is 0.182. The average Bonchev–Trinajstić information content (AvgIpc) is 3.21. The van der Waals surface area contributed by atoms with Crippen molar-refractivity contribution in [3.05, 3.63) is 77.9 Å². The molecule has 9 heteroatoms. The molecule has 0 aliphatic heterocycles. The van der Waals surface area contributed by atoms with Crippen molar-refractivity contribution in [2.45, 2.75) is 10.9 Å². The Morgan fingerprint density at radius 1 is 1.19 bits per heavy atom. The summed E-state index contributed by atoms with van der Waals surface area (Å²) in [4.78, 5) is 17.3. The molecule has 3 rings (SSSR count). The Labute approximate surface area is 181 Å². The van der Waals surface area contributed by atoms with Gasteiger partial charge in [0, 0.05) is 25.0 Å². The number of imidazole rings is 1. The highest BCUT2D eigenvalue weighted by molar-refractivity contribution is 7.89. The van der Waals surface area contributed by atoms with Crippen LogP contribution in [0.1, 0.15) is 27.8 Å². The second kappa shape index (κ2) is 9.47. The van der Waals surface area contributed by atoms with Crippen LogP contribution >= 0.6 is 0 Å². The van der Waals surface area contributed by atoms with Crippen molar-refractivity contribution in [3.8, 4) is 18.1 Å². The topological polar surface area (TPSA) is 102 Å². The number of hydrogen-bond donors (Lipinski definition) is 2. The van der Waals surface area contributed by atoms with Gasteiger partial charge in [-0.2, -0.15) is 4.72 Å². The van der Waals surface area contributed by atoms with Crippen LogP contribution in [0.15, 0.2) is 65.8 Å². The number of carbonyl (C=O) groups excluding carboxylic acids is 1. The number of aryl methyl sites for hydroxylation is 1. The van der Waals surface area contributed by atoms with Crippen LogP contribution in [0, 0.1) is 12.3 Å². The average molecular weight is 439 g/mol. The van der Waals surface area contributed by atoms with E-state index in [2.05, 4.69) is 20.9 Å². The zero-order chi connectivity index (χ0) is 22.4. The molecule has 31 heavy (non-hydrogen) atoms. The molecule has 0 unspecified atom stereocenters. The van der Waals surface area contributed by atoms with E-state index in [0.717, 1.165) is 5.56 Å². The minimum atomic E-state index is -3.73. The van der Waals surface area contributed by atoms with Crippen molar-refractivity contribution in [3.63, 3.8) is 0 Å². The summed E-state index contributed by atoms with van der Waals surface area (Å²) in [7, 11) is -0.305. The van der Waals surface area contributed by atoms with Crippen molar-refractivity contribution in [2.75, 3.05) is 13.7 Å². The van der Waals surface area contributed by atoms with Gasteiger partial charge in [0.05, 0.1) is 18.6 Å². The molecule has 8 nitrogen and oxygen atoms in total. The molecule has 0 saturated heterocycles. The molecule has 2 N–H and O–H groups in total. The number of hydrogen-bond acceptors (Lipinski definition) is 5. The molecule has 1 heterocycles. The molecule has 2 aromatic carbocycles. The highest BCUT2D eigenvalue weighted by Crippen LogP contribution is 2.23. The van der Waals surface area contributed by atoms with Crippen LogP contribution in [-0.4, -0.2) is 37.5 Å². The fourth-order valence-corrected chi connectivity index (χ4v) is 3.90. The number of nitrogens with one attached hydrogen (secondary N) is 2. The van der Waals surface area contributed by atoms with Crippen LogP contribution < -0.4 is 14.8 Å². The van der Waals surface area contributed by atoms with Gasteiger partial charge >= 0.3 is 0 Å². The molecule has 0 fully saturated rings. The fourth-order valence-electron chi connectivity index (χ4n) is 2.97. The molecule has 3 aromatic rings. The molecule has 160 valence electrons. The quantitative estimate of drug-likeness (QED) is 0.523. The van der Waals surface area contributed by atoms with E-state index < -0.39 is 16.1 Å². The number of ether oxygens (including phenoxy) is 1. The first-order valence-electron chi connectivity index (χ1n) is 9.31. The largest absolute Gasteiger partial charge is 0.497 e. The number of carbonyl (C=O) groups is 1. The Morgan fingerprint density at radius 2 is 1.87 bits per heavy atom. The van der Waals surface area contributed by atoms with Gasteiger partial charge in [0.1, 0.15) is 17.6 Å². The Bertz CT molecular complexity index is 1190. The minimum Gasteiger partial charge on any atom is -0.497 e. The minimum absolute atomic E-state index is 0.0232. The Balaban J connectivity index is 1.85. The maximum atomic E-state index is 12.9. The lowest BCUT2D eigenvalue weighted by atomic mass is 10.0. The summed E-state index contributed by atoms with van der Waals surface area (Å²) in [6, 6.07) is 12.4. The third kappa shape index (κ3) is 5.12. The van der Waals surface area contributed by atoms with Gasteiger partial charge in [-0.15, -0.1) is 6.42 Å². The maximum absolute atomic E-state index is 12.9. The van der Waals surface area contributed by atoms with E-state index >= 15 is 0 Å². The van der Waals surface area contributed by atoms with Crippen molar-refractivity contribution in [2.24, 2.45) is 7.05 Å². The Hall–Kier alpha value is -3.61. The predicted octanol–water partition coefficient (Wildman–Crippen LogP) is 1.86. The lowest BCUT2D eigenvalue weighted by Gasteiger charge is -2.19. The molecule has 0 saturated carbocycles. The molecule has 0 radical (unpaired) electrons. The van der Waals surface area contributed by atoms with E-state index in [1.54, 1.807) is 31.6 Å². The van der Waals surface area contributed by atoms with Gasteiger partial charge < -0.3 is 14.6 Å². The van der Waals surface area contributed by atoms with Crippen LogP contribution in [0.25, 0.3) is 0 Å². The Morgan fingerprint density at radius 3 is 2.42 bits per heavy atom. The summed E-state index contributed by atoms with van der Waals surface area (Å²) in [6.07, 6.45) is 8.54. The highest BCUT2D eigenvalue weighted by Gasteiger charge is 2.22. The summed E-state index contributed by atoms with van der Waals surface area (Å²) in [5.74, 6) is 3.19. The van der Waals surface area contributed by atoms with Crippen molar-refractivity contribution >= 4 is 15.9 Å². The Kier molecular flexibility index (Phi) is 6.74. The van der Waals surface area contributed by atoms with Crippen LogP contribution in [0.5, 0.6) is 5.75 Å². The SMILES string of the molecule is C#CCNS(=O)(=O)c1ccc(C(=O)N[C@H](c2ccc(OC)cc2)c2nccn2C)cc1. The van der Waals surface area contributed by atoms with Gasteiger partial charge in [-0.3, -0.25) is 4.79 Å². The molecule has 0 spiro atoms. The smallest absolute Gasteiger partial charge is 0.252 e. The van der Waals surface area contributed by atoms with E-state index in [1.807, 2.05) is 23.7 Å². The van der Waals surface area contributed by atoms with Gasteiger partial charge in [0.25, 0.3) is 5.91 Å². The van der Waals surface area contributed by atoms with Crippen LogP contribution in [0.4, 0.5) is 0 Å². The molecule has 1 atom stereocenters. The number of aromatic nitrogens is 2. The third-order valence-electron chi connectivity index (χ3n) is 4.63. The standard InChI is InChI=1S/C22H22N4O4S/c1-4-13-24-31(28,29)19-11-7-17(8-12-19)22(27)25-20(21-23-14-15-26(21)2)16-5-9-18(30-3)10-6-16/h1,5-12,14-15,20,24H,13H2,2-3H3,(H,25,27)/t20-/m1/s1. The van der Waals surface area contributed by atoms with E-state index in [4.69, 9.17) is 11.2 Å². The molecule has 0 bridgehead atoms. The summed E-state index contributed by atoms with van der Waals surface area (Å²) in [6.45, 7) is -0.113. The van der Waals surface area contributed by atoms with Crippen molar-refractivity contribution < 1.29 is 17.9 Å². The third-order valence-corrected chi connectivity index (χ3v) is 6.05. The summed E-state index contributed by atoms with van der Waals surface area (Å²) >= 11 is 0. The van der Waals surface area contributed by atoms with Gasteiger partial charge in [-0.05, 0) is 42.0 Å². The number of amides is 1. The van der Waals surface area contributed by atoms with Crippen molar-refractivity contribution in [1.82, 2.24) is 19.6 Å². The first kappa shape index (κ1) is 22.1. The van der Waals surface area contributed by atoms with E-state index in [9.17, 15) is 13.2 Å². The molecule has 0 aliphatic rings. The van der Waals surface area contributed by atoms with Crippen LogP contribution in [0.3, 0.4) is 0 Å². The zero-order valence-electron chi connectivity index (χ0n) is 17.1. The van der Waals surface area contributed by atoms with Gasteiger partial charge in [-0.25, -0.2) is 13.4 Å². The number of methoxy groups -OCH3 is 1. The van der Waals surface area contributed by atoms with E-state index in [1.165, 1.54) is 24.3 Å². The predicted molar refractivity (Wildman–Crippen MR) is 116 cm³/mol. The molecule has 1 aromatic heterocycles. The first-order chi connectivity index (χ1) is 14.9. The van der Waals surface area contributed by atoms with Crippen molar-refractivity contribution in [1.29, 1.82) is 0 Å². The first-order valence-corrected chi connectivity index (χ1v) is 10.8. The van der Waals surface area contributed by atoms with Gasteiger partial charge in [-0.1, -0.05) is 18.1 Å². The normalized spacial score (nSPS) is 12.0. The molecule has 1 amide bonds. The molecule has 0 aliphatic carbocycles. The second-order valence-corrected chi connectivity index (χ2v) is 8.40. The maximum Gasteiger partial charge on any atom is 0.252 e. The van der Waals surface area contributed by atoms with E-state index in [0.29, 0.717) is 17.1 Å². The highest BCUT2D eigenvalue weighted by atomic mass is 32.2. The summed E-state index contributed by atoms with van der Waals surface area (Å²) < 4.78 is 33.6. The monoisotopic (exact) mass is 438 g/mol. The van der Waals surface area contributed by atoms with Gasteiger partial charge in [0.2, 0.25) is 10.0 Å². The summed E-state index contributed by atoms with van der Waals surface area (Å²) in [5, 5.41) is 2.97. The second-order valence-electron chi connectivity index (χ2n) is 6.63. The number of nitrogens with zero attached hydrogens (tertiary/aromatic N) is 2. The number of sulfonamides is 1. The van der Waals surface area contributed by atoms with E-state index in [-0.39, 0.29) is 17.3 Å². The lowest BCUT2D eigenvalue weighted by molar-refractivity contribution is 0.0941. The zero-order valence-corrected chi connectivity index (χ0v) is 17.9. The summed E-state index contributed by atoms with van der Waals surface area (Å²) in [5.41, 5.74) is 1.13. The number of terminal acetylenes is 1. The lowest BCUT2D eigenvalue weighted by Crippen LogP contribution is -2.31. The number of benzene rings is 2. The van der Waals surface area contributed by atoms with Gasteiger partial charge in [0.15, 0.2) is 0 Å². The van der Waals surface area contributed by atoms with Crippen LogP contribution in [0.2, 0.25) is 0 Å². The molecular formula is C22H22N4O4S.